The van der Waals surface area contributed by atoms with Crippen LogP contribution in [-0.4, -0.2) is 10.8 Å². The van der Waals surface area contributed by atoms with Gasteiger partial charge in [-0.05, 0) is 26.0 Å². The fourth-order valence-electron chi connectivity index (χ4n) is 1.43. The van der Waals surface area contributed by atoms with Gasteiger partial charge in [0, 0.05) is 4.90 Å². The van der Waals surface area contributed by atoms with E-state index in [0.29, 0.717) is 15.6 Å². The number of fused-ring (bicyclic) bond motifs is 1. The first-order valence-electron chi connectivity index (χ1n) is 4.40. The molecule has 80 valence electrons. The number of carbonyl (C=O) groups excluding carboxylic acids is 1. The fraction of sp³-hybridized carbons (Fsp3) is 0.300. The lowest BCUT2D eigenvalue weighted by atomic mass is 10.2. The smallest absolute Gasteiger partial charge is 0.253 e. The van der Waals surface area contributed by atoms with Crippen LogP contribution in [0.25, 0.3) is 0 Å². The van der Waals surface area contributed by atoms with E-state index in [1.807, 2.05) is 13.8 Å². The van der Waals surface area contributed by atoms with Gasteiger partial charge in [-0.1, -0.05) is 35.0 Å². The molecule has 5 heteroatoms. The van der Waals surface area contributed by atoms with E-state index in [9.17, 15) is 4.79 Å². The van der Waals surface area contributed by atoms with E-state index in [1.165, 1.54) is 11.8 Å². The lowest BCUT2D eigenvalue weighted by Crippen LogP contribution is -2.43. The number of amides is 1. The zero-order valence-corrected chi connectivity index (χ0v) is 10.6. The Morgan fingerprint density at radius 1 is 1.33 bits per heavy atom. The maximum atomic E-state index is 11.7. The van der Waals surface area contributed by atoms with Crippen LogP contribution in [0.4, 0.5) is 0 Å². The van der Waals surface area contributed by atoms with Crippen molar-refractivity contribution in [1.29, 1.82) is 0 Å². The van der Waals surface area contributed by atoms with Crippen molar-refractivity contribution in [1.82, 2.24) is 5.32 Å². The van der Waals surface area contributed by atoms with Crippen LogP contribution in [0.1, 0.15) is 24.2 Å². The Bertz CT molecular complexity index is 445. The predicted molar refractivity (Wildman–Crippen MR) is 63.9 cm³/mol. The summed E-state index contributed by atoms with van der Waals surface area (Å²) in [6.07, 6.45) is 0. The van der Waals surface area contributed by atoms with Crippen LogP contribution in [0.15, 0.2) is 17.0 Å². The molecule has 2 rings (SSSR count). The van der Waals surface area contributed by atoms with Crippen LogP contribution in [-0.2, 0) is 0 Å². The Labute approximate surface area is 102 Å². The van der Waals surface area contributed by atoms with Gasteiger partial charge in [-0.25, -0.2) is 0 Å². The number of hydrogen-bond donors (Lipinski definition) is 1. The van der Waals surface area contributed by atoms with Crippen LogP contribution in [0.5, 0.6) is 0 Å². The Kier molecular flexibility index (Phi) is 2.65. The van der Waals surface area contributed by atoms with Crippen molar-refractivity contribution in [3.8, 4) is 0 Å². The van der Waals surface area contributed by atoms with Gasteiger partial charge >= 0.3 is 0 Å². The topological polar surface area (TPSA) is 29.1 Å². The van der Waals surface area contributed by atoms with Crippen LogP contribution in [0, 0.1) is 0 Å². The average molecular weight is 262 g/mol. The van der Waals surface area contributed by atoms with E-state index in [-0.39, 0.29) is 10.8 Å². The quantitative estimate of drug-likeness (QED) is 0.774. The lowest BCUT2D eigenvalue weighted by Gasteiger charge is -2.32. The van der Waals surface area contributed by atoms with Gasteiger partial charge in [0.05, 0.1) is 20.5 Å². The number of nitrogens with one attached hydrogen (secondary N) is 1. The molecule has 1 aromatic rings. The first-order chi connectivity index (χ1) is 6.91. The number of thioether (sulfide) groups is 1. The molecule has 0 saturated heterocycles. The summed E-state index contributed by atoms with van der Waals surface area (Å²) in [5.74, 6) is -0.104. The molecule has 0 aromatic heterocycles. The Morgan fingerprint density at radius 2 is 2.00 bits per heavy atom. The molecule has 0 fully saturated rings. The van der Waals surface area contributed by atoms with E-state index < -0.39 is 0 Å². The first-order valence-corrected chi connectivity index (χ1v) is 5.97. The molecule has 1 aliphatic rings. The van der Waals surface area contributed by atoms with Crippen molar-refractivity contribution in [3.63, 3.8) is 0 Å². The van der Waals surface area contributed by atoms with E-state index >= 15 is 0 Å². The Hall–Kier alpha value is -0.380. The van der Waals surface area contributed by atoms with Crippen molar-refractivity contribution in [2.45, 2.75) is 23.6 Å². The van der Waals surface area contributed by atoms with Gasteiger partial charge in [-0.15, -0.1) is 0 Å². The Balaban J connectivity index is 2.61. The van der Waals surface area contributed by atoms with Crippen LogP contribution in [0.3, 0.4) is 0 Å². The van der Waals surface area contributed by atoms with Crippen LogP contribution in [0.2, 0.25) is 10.0 Å². The highest BCUT2D eigenvalue weighted by Crippen LogP contribution is 2.43. The van der Waals surface area contributed by atoms with Gasteiger partial charge in [-0.2, -0.15) is 0 Å². The zero-order valence-electron chi connectivity index (χ0n) is 8.23. The minimum absolute atomic E-state index is 0.104. The minimum Gasteiger partial charge on any atom is -0.338 e. The van der Waals surface area contributed by atoms with Gasteiger partial charge in [0.1, 0.15) is 0 Å². The molecule has 1 N–H and O–H groups in total. The van der Waals surface area contributed by atoms with Crippen molar-refractivity contribution >= 4 is 40.9 Å². The standard InChI is InChI=1S/C10H9Cl2NOS/c1-10(2)13-9(14)5-3-4-6(11)7(12)8(5)15-10/h3-4H,1-2H3,(H,13,14). The molecule has 15 heavy (non-hydrogen) atoms. The second kappa shape index (κ2) is 3.58. The van der Waals surface area contributed by atoms with Gasteiger partial charge in [0.25, 0.3) is 5.91 Å². The molecule has 2 nitrogen and oxygen atoms in total. The second-order valence-corrected chi connectivity index (χ2v) is 6.22. The average Bonchev–Trinajstić information content (AvgIpc) is 2.10. The van der Waals surface area contributed by atoms with Gasteiger partial charge < -0.3 is 5.32 Å². The van der Waals surface area contributed by atoms with E-state index in [4.69, 9.17) is 23.2 Å². The molecular formula is C10H9Cl2NOS. The summed E-state index contributed by atoms with van der Waals surface area (Å²) in [4.78, 5) is 12.2. The summed E-state index contributed by atoms with van der Waals surface area (Å²) in [6, 6.07) is 3.34. The maximum absolute atomic E-state index is 11.7. The molecule has 0 radical (unpaired) electrons. The van der Waals surface area contributed by atoms with Crippen molar-refractivity contribution in [2.24, 2.45) is 0 Å². The van der Waals surface area contributed by atoms with Crippen LogP contribution >= 0.6 is 35.0 Å². The fourth-order valence-corrected chi connectivity index (χ4v) is 3.05. The molecular weight excluding hydrogens is 253 g/mol. The molecule has 0 bridgehead atoms. The summed E-state index contributed by atoms with van der Waals surface area (Å²) >= 11 is 13.5. The third-order valence-electron chi connectivity index (χ3n) is 2.07. The summed E-state index contributed by atoms with van der Waals surface area (Å²) in [6.45, 7) is 3.85. The molecule has 1 amide bonds. The molecule has 1 aromatic carbocycles. The van der Waals surface area contributed by atoms with Gasteiger partial charge in [0.15, 0.2) is 0 Å². The third kappa shape index (κ3) is 1.96. The molecule has 0 saturated carbocycles. The highest BCUT2D eigenvalue weighted by molar-refractivity contribution is 8.00. The molecule has 1 aliphatic heterocycles. The Morgan fingerprint density at radius 3 is 2.67 bits per heavy atom. The van der Waals surface area contributed by atoms with Gasteiger partial charge in [0.2, 0.25) is 0 Å². The monoisotopic (exact) mass is 261 g/mol. The summed E-state index contributed by atoms with van der Waals surface area (Å²) in [5, 5.41) is 3.82. The number of halogens is 2. The number of benzene rings is 1. The first kappa shape index (κ1) is 11.1. The minimum atomic E-state index is -0.349. The van der Waals surface area contributed by atoms with E-state index in [0.717, 1.165) is 4.90 Å². The predicted octanol–water partition coefficient (Wildman–Crippen LogP) is 3.57. The summed E-state index contributed by atoms with van der Waals surface area (Å²) in [7, 11) is 0. The van der Waals surface area contributed by atoms with Crippen molar-refractivity contribution in [2.75, 3.05) is 0 Å². The van der Waals surface area contributed by atoms with Crippen molar-refractivity contribution in [3.05, 3.63) is 27.7 Å². The maximum Gasteiger partial charge on any atom is 0.253 e. The SMILES string of the molecule is CC1(C)NC(=O)c2ccc(Cl)c(Cl)c2S1. The molecule has 0 aliphatic carbocycles. The van der Waals surface area contributed by atoms with Crippen LogP contribution < -0.4 is 5.32 Å². The highest BCUT2D eigenvalue weighted by atomic mass is 35.5. The molecule has 0 unspecified atom stereocenters. The van der Waals surface area contributed by atoms with Gasteiger partial charge in [-0.3, -0.25) is 4.79 Å². The molecule has 0 atom stereocenters. The van der Waals surface area contributed by atoms with Crippen molar-refractivity contribution < 1.29 is 4.79 Å². The summed E-state index contributed by atoms with van der Waals surface area (Å²) in [5.41, 5.74) is 0.591. The largest absolute Gasteiger partial charge is 0.338 e. The van der Waals surface area contributed by atoms with E-state index in [1.54, 1.807) is 12.1 Å². The molecule has 0 spiro atoms. The lowest BCUT2D eigenvalue weighted by molar-refractivity contribution is 0.0929. The highest BCUT2D eigenvalue weighted by Gasteiger charge is 2.32. The second-order valence-electron chi connectivity index (χ2n) is 3.80. The normalized spacial score (nSPS) is 18.3. The number of rotatable bonds is 0. The zero-order chi connectivity index (χ0) is 11.2. The third-order valence-corrected chi connectivity index (χ3v) is 4.22. The summed E-state index contributed by atoms with van der Waals surface area (Å²) < 4.78 is 0. The van der Waals surface area contributed by atoms with E-state index in [2.05, 4.69) is 5.32 Å². The number of hydrogen-bond acceptors (Lipinski definition) is 2. The number of carbonyl (C=O) groups is 1. The molecule has 1 heterocycles.